The van der Waals surface area contributed by atoms with Gasteiger partial charge in [-0.2, -0.15) is 0 Å². The number of hydrogen-bond acceptors (Lipinski definition) is 3. The highest BCUT2D eigenvalue weighted by Crippen LogP contribution is 2.31. The zero-order valence-corrected chi connectivity index (χ0v) is 13.1. The van der Waals surface area contributed by atoms with Crippen molar-refractivity contribution >= 4 is 0 Å². The smallest absolute Gasteiger partial charge is 0.0217 e. The monoisotopic (exact) mass is 267 g/mol. The molecule has 2 rings (SSSR count). The highest BCUT2D eigenvalue weighted by Gasteiger charge is 2.30. The van der Waals surface area contributed by atoms with Crippen LogP contribution in [-0.2, 0) is 0 Å². The van der Waals surface area contributed by atoms with E-state index < -0.39 is 0 Å². The highest BCUT2D eigenvalue weighted by atomic mass is 15.2. The first-order valence-corrected chi connectivity index (χ1v) is 8.24. The average Bonchev–Trinajstić information content (AvgIpc) is 2.41. The van der Waals surface area contributed by atoms with Gasteiger partial charge in [-0.25, -0.2) is 0 Å². The predicted molar refractivity (Wildman–Crippen MR) is 82.2 cm³/mol. The van der Waals surface area contributed by atoms with Crippen LogP contribution in [0.15, 0.2) is 0 Å². The number of rotatable bonds is 4. The summed E-state index contributed by atoms with van der Waals surface area (Å²) in [4.78, 5) is 5.07. The first-order chi connectivity index (χ1) is 9.10. The van der Waals surface area contributed by atoms with Crippen LogP contribution >= 0.6 is 0 Å². The molecular formula is C16H33N3. The second-order valence-corrected chi connectivity index (χ2v) is 7.03. The molecule has 4 atom stereocenters. The summed E-state index contributed by atoms with van der Waals surface area (Å²) in [6, 6.07) is 1.19. The summed E-state index contributed by atoms with van der Waals surface area (Å²) < 4.78 is 0. The van der Waals surface area contributed by atoms with Crippen molar-refractivity contribution in [1.82, 2.24) is 9.80 Å². The molecule has 0 aromatic carbocycles. The van der Waals surface area contributed by atoms with Crippen LogP contribution in [0, 0.1) is 11.8 Å². The van der Waals surface area contributed by atoms with E-state index in [0.29, 0.717) is 6.04 Å². The zero-order valence-electron chi connectivity index (χ0n) is 13.1. The van der Waals surface area contributed by atoms with Crippen molar-refractivity contribution in [3.8, 4) is 0 Å². The van der Waals surface area contributed by atoms with Crippen molar-refractivity contribution in [1.29, 1.82) is 0 Å². The van der Waals surface area contributed by atoms with Gasteiger partial charge in [-0.3, -0.25) is 0 Å². The molecule has 1 saturated heterocycles. The van der Waals surface area contributed by atoms with Crippen molar-refractivity contribution in [2.45, 2.75) is 57.5 Å². The Labute approximate surface area is 119 Å². The Kier molecular flexibility index (Phi) is 5.67. The molecule has 19 heavy (non-hydrogen) atoms. The van der Waals surface area contributed by atoms with Gasteiger partial charge in [-0.15, -0.1) is 0 Å². The molecule has 2 N–H and O–H groups in total. The van der Waals surface area contributed by atoms with Gasteiger partial charge in [0.1, 0.15) is 0 Å². The standard InChI is InChI=1S/C16H33N3/c1-4-13-7-8-16(17)14(10-13)11-19-9-5-6-15(12-19)18(2)3/h13-16H,4-12,17H2,1-3H3. The van der Waals surface area contributed by atoms with Crippen molar-refractivity contribution in [3.63, 3.8) is 0 Å². The van der Waals surface area contributed by atoms with Gasteiger partial charge in [0.2, 0.25) is 0 Å². The van der Waals surface area contributed by atoms with Crippen molar-refractivity contribution in [3.05, 3.63) is 0 Å². The lowest BCUT2D eigenvalue weighted by atomic mass is 9.77. The minimum absolute atomic E-state index is 0.447. The lowest BCUT2D eigenvalue weighted by molar-refractivity contribution is 0.0948. The fourth-order valence-corrected chi connectivity index (χ4v) is 3.92. The van der Waals surface area contributed by atoms with Crippen molar-refractivity contribution in [2.75, 3.05) is 33.7 Å². The Bertz CT molecular complexity index is 267. The number of hydrogen-bond donors (Lipinski definition) is 1. The van der Waals surface area contributed by atoms with E-state index in [0.717, 1.165) is 17.9 Å². The third-order valence-electron chi connectivity index (χ3n) is 5.43. The molecule has 3 nitrogen and oxygen atoms in total. The molecule has 2 fully saturated rings. The molecule has 1 aliphatic heterocycles. The lowest BCUT2D eigenvalue weighted by Gasteiger charge is -2.41. The summed E-state index contributed by atoms with van der Waals surface area (Å²) in [6.45, 7) is 6.10. The van der Waals surface area contributed by atoms with Crippen LogP contribution < -0.4 is 5.73 Å². The minimum atomic E-state index is 0.447. The van der Waals surface area contributed by atoms with E-state index in [1.807, 2.05) is 0 Å². The third kappa shape index (κ3) is 4.17. The molecule has 0 amide bonds. The fraction of sp³-hybridized carbons (Fsp3) is 1.00. The van der Waals surface area contributed by atoms with E-state index in [9.17, 15) is 0 Å². The summed E-state index contributed by atoms with van der Waals surface area (Å²) in [7, 11) is 4.43. The molecule has 1 heterocycles. The largest absolute Gasteiger partial charge is 0.327 e. The van der Waals surface area contributed by atoms with Crippen LogP contribution in [0.3, 0.4) is 0 Å². The molecule has 4 unspecified atom stereocenters. The van der Waals surface area contributed by atoms with Crippen LogP contribution in [-0.4, -0.2) is 55.6 Å². The molecule has 3 heteroatoms. The highest BCUT2D eigenvalue weighted by molar-refractivity contribution is 4.86. The summed E-state index contributed by atoms with van der Waals surface area (Å²) in [5.41, 5.74) is 6.37. The van der Waals surface area contributed by atoms with Gasteiger partial charge in [-0.05, 0) is 64.6 Å². The number of likely N-dealkylation sites (tertiary alicyclic amines) is 1. The maximum atomic E-state index is 6.37. The van der Waals surface area contributed by atoms with Gasteiger partial charge >= 0.3 is 0 Å². The number of likely N-dealkylation sites (N-methyl/N-ethyl adjacent to an activating group) is 1. The molecule has 1 saturated carbocycles. The molecule has 0 bridgehead atoms. The number of nitrogens with zero attached hydrogens (tertiary/aromatic N) is 2. The average molecular weight is 267 g/mol. The molecule has 0 radical (unpaired) electrons. The van der Waals surface area contributed by atoms with Crippen molar-refractivity contribution in [2.24, 2.45) is 17.6 Å². The topological polar surface area (TPSA) is 32.5 Å². The van der Waals surface area contributed by atoms with Crippen LogP contribution in [0.25, 0.3) is 0 Å². The van der Waals surface area contributed by atoms with E-state index in [1.165, 1.54) is 58.2 Å². The van der Waals surface area contributed by atoms with Crippen LogP contribution in [0.5, 0.6) is 0 Å². The Morgan fingerprint density at radius 3 is 2.68 bits per heavy atom. The maximum Gasteiger partial charge on any atom is 0.0217 e. The summed E-state index contributed by atoms with van der Waals surface area (Å²) in [6.07, 6.45) is 8.01. The molecule has 0 spiro atoms. The fourth-order valence-electron chi connectivity index (χ4n) is 3.92. The van der Waals surface area contributed by atoms with Crippen molar-refractivity contribution < 1.29 is 0 Å². The SMILES string of the molecule is CCC1CCC(N)C(CN2CCCC(N(C)C)C2)C1. The van der Waals surface area contributed by atoms with Gasteiger partial charge in [0.05, 0.1) is 0 Å². The second kappa shape index (κ2) is 7.05. The first kappa shape index (κ1) is 15.3. The van der Waals surface area contributed by atoms with E-state index in [-0.39, 0.29) is 0 Å². The minimum Gasteiger partial charge on any atom is -0.327 e. The van der Waals surface area contributed by atoms with Gasteiger partial charge in [-0.1, -0.05) is 13.3 Å². The van der Waals surface area contributed by atoms with Gasteiger partial charge < -0.3 is 15.5 Å². The second-order valence-electron chi connectivity index (χ2n) is 7.03. The van der Waals surface area contributed by atoms with Crippen LogP contribution in [0.1, 0.15) is 45.4 Å². The van der Waals surface area contributed by atoms with E-state index >= 15 is 0 Å². The maximum absolute atomic E-state index is 6.37. The summed E-state index contributed by atoms with van der Waals surface area (Å²) in [5.74, 6) is 1.67. The molecule has 112 valence electrons. The van der Waals surface area contributed by atoms with Crippen LogP contribution in [0.4, 0.5) is 0 Å². The number of nitrogens with two attached hydrogens (primary N) is 1. The van der Waals surface area contributed by atoms with Crippen LogP contribution in [0.2, 0.25) is 0 Å². The molecule has 0 aromatic heterocycles. The third-order valence-corrected chi connectivity index (χ3v) is 5.43. The van der Waals surface area contributed by atoms with E-state index in [2.05, 4.69) is 30.8 Å². The zero-order chi connectivity index (χ0) is 13.8. The Balaban J connectivity index is 1.85. The normalized spacial score (nSPS) is 37.7. The quantitative estimate of drug-likeness (QED) is 0.847. The summed E-state index contributed by atoms with van der Waals surface area (Å²) >= 11 is 0. The van der Waals surface area contributed by atoms with Gasteiger partial charge in [0.15, 0.2) is 0 Å². The molecule has 1 aliphatic carbocycles. The molecule has 0 aromatic rings. The van der Waals surface area contributed by atoms with Gasteiger partial charge in [0, 0.05) is 25.2 Å². The Morgan fingerprint density at radius 2 is 2.00 bits per heavy atom. The van der Waals surface area contributed by atoms with E-state index in [1.54, 1.807) is 0 Å². The van der Waals surface area contributed by atoms with E-state index in [4.69, 9.17) is 5.73 Å². The Hall–Kier alpha value is -0.120. The Morgan fingerprint density at radius 1 is 1.21 bits per heavy atom. The lowest BCUT2D eigenvalue weighted by Crippen LogP contribution is -2.49. The van der Waals surface area contributed by atoms with Gasteiger partial charge in [0.25, 0.3) is 0 Å². The molecule has 2 aliphatic rings. The summed E-state index contributed by atoms with van der Waals surface area (Å²) in [5, 5.41) is 0. The number of piperidine rings is 1. The first-order valence-electron chi connectivity index (χ1n) is 8.24. The predicted octanol–water partition coefficient (Wildman–Crippen LogP) is 2.17. The molecular weight excluding hydrogens is 234 g/mol.